The molecule has 3 aromatic rings. The molecular formula is C30H30N2O9S. The molecule has 1 aliphatic heterocycles. The van der Waals surface area contributed by atoms with Crippen LogP contribution in [-0.2, 0) is 14.3 Å². The molecular weight excluding hydrogens is 564 g/mol. The van der Waals surface area contributed by atoms with Crippen LogP contribution in [0.5, 0.6) is 23.0 Å². The van der Waals surface area contributed by atoms with Crippen molar-refractivity contribution in [2.75, 3.05) is 39.9 Å². The normalized spacial score (nSPS) is 15.9. The van der Waals surface area contributed by atoms with Crippen molar-refractivity contribution in [3.05, 3.63) is 75.8 Å². The number of carbonyl (C=O) groups is 3. The van der Waals surface area contributed by atoms with Crippen LogP contribution in [0.1, 0.15) is 38.1 Å². The largest absolute Gasteiger partial charge is 0.507 e. The molecule has 2 heterocycles. The molecule has 1 N–H and O–H groups in total. The average molecular weight is 595 g/mol. The molecule has 1 fully saturated rings. The molecule has 0 aliphatic carbocycles. The van der Waals surface area contributed by atoms with Gasteiger partial charge in [0, 0.05) is 5.56 Å². The van der Waals surface area contributed by atoms with Gasteiger partial charge >= 0.3 is 11.9 Å². The van der Waals surface area contributed by atoms with Crippen LogP contribution in [0.2, 0.25) is 0 Å². The van der Waals surface area contributed by atoms with E-state index in [0.717, 1.165) is 16.2 Å². The highest BCUT2D eigenvalue weighted by Gasteiger charge is 2.49. The van der Waals surface area contributed by atoms with Gasteiger partial charge in [0.05, 0.1) is 45.7 Å². The summed E-state index contributed by atoms with van der Waals surface area (Å²) in [7, 11) is 5.84. The van der Waals surface area contributed by atoms with Crippen LogP contribution in [0.3, 0.4) is 0 Å². The first kappa shape index (κ1) is 30.1. The summed E-state index contributed by atoms with van der Waals surface area (Å²) in [5.41, 5.74) is 1.48. The fraction of sp³-hybridized carbons (Fsp3) is 0.267. The minimum absolute atomic E-state index is 0.0112. The number of Topliss-reactive ketones (excluding diaryl/α,β-unsaturated/α-hetero) is 1. The number of aromatic nitrogens is 1. The third-order valence-electron chi connectivity index (χ3n) is 6.62. The first-order valence-electron chi connectivity index (χ1n) is 12.6. The maximum atomic E-state index is 13.7. The van der Waals surface area contributed by atoms with Gasteiger partial charge in [-0.15, -0.1) is 0 Å². The van der Waals surface area contributed by atoms with E-state index in [1.54, 1.807) is 44.2 Å². The summed E-state index contributed by atoms with van der Waals surface area (Å²) in [5, 5.41) is 11.6. The van der Waals surface area contributed by atoms with Crippen LogP contribution in [0, 0.1) is 13.8 Å². The Bertz CT molecular complexity index is 1580. The Kier molecular flexibility index (Phi) is 8.86. The predicted molar refractivity (Wildman–Crippen MR) is 156 cm³/mol. The smallest absolute Gasteiger partial charge is 0.350 e. The van der Waals surface area contributed by atoms with E-state index in [2.05, 4.69) is 11.6 Å². The monoisotopic (exact) mass is 594 g/mol. The van der Waals surface area contributed by atoms with Gasteiger partial charge in [0.1, 0.15) is 23.0 Å². The number of aliphatic hydroxyl groups is 1. The Labute approximate surface area is 246 Å². The number of ether oxygens (including phenoxy) is 5. The number of aryl methyl sites for hydroxylation is 2. The predicted octanol–water partition coefficient (Wildman–Crippen LogP) is 4.76. The van der Waals surface area contributed by atoms with Crippen molar-refractivity contribution in [1.82, 2.24) is 4.98 Å². The van der Waals surface area contributed by atoms with E-state index >= 15 is 0 Å². The van der Waals surface area contributed by atoms with Crippen LogP contribution < -0.4 is 23.8 Å². The van der Waals surface area contributed by atoms with Gasteiger partial charge in [0.2, 0.25) is 5.75 Å². The molecule has 1 aliphatic rings. The lowest BCUT2D eigenvalue weighted by molar-refractivity contribution is -0.132. The third kappa shape index (κ3) is 5.28. The standard InChI is InChI=1S/C30H30N2O9S/c1-8-11-41-29(36)27-16(3)31-30(42-27)32-23(18-13-20(38-5)26(40-7)21(14-18)39-6)22(25(34)28(32)35)24(33)17-9-10-19(37-4)15(2)12-17/h8-10,12-14,23,33H,1,11H2,2-7H3/b24-22+/t23-/m1/s1. The van der Waals surface area contributed by atoms with Crippen LogP contribution in [0.15, 0.2) is 48.6 Å². The van der Waals surface area contributed by atoms with E-state index < -0.39 is 29.5 Å². The maximum absolute atomic E-state index is 13.7. The topological polar surface area (TPSA) is 134 Å². The fourth-order valence-corrected chi connectivity index (χ4v) is 5.65. The van der Waals surface area contributed by atoms with Gasteiger partial charge in [-0.05, 0) is 55.3 Å². The minimum atomic E-state index is -1.18. The molecule has 0 unspecified atom stereocenters. The van der Waals surface area contributed by atoms with E-state index in [1.807, 2.05) is 0 Å². The van der Waals surface area contributed by atoms with Gasteiger partial charge in [-0.3, -0.25) is 14.5 Å². The number of anilines is 1. The number of rotatable bonds is 10. The summed E-state index contributed by atoms with van der Waals surface area (Å²) in [5.74, 6) is -1.52. The molecule has 1 aromatic heterocycles. The van der Waals surface area contributed by atoms with Crippen LogP contribution in [-0.4, -0.2) is 62.8 Å². The highest BCUT2D eigenvalue weighted by molar-refractivity contribution is 7.17. The molecule has 220 valence electrons. The molecule has 4 rings (SSSR count). The van der Waals surface area contributed by atoms with Crippen molar-refractivity contribution >= 4 is 39.9 Å². The Morgan fingerprint density at radius 1 is 1.02 bits per heavy atom. The number of benzene rings is 2. The van der Waals surface area contributed by atoms with Gasteiger partial charge in [0.15, 0.2) is 16.6 Å². The van der Waals surface area contributed by atoms with Gasteiger partial charge in [-0.25, -0.2) is 9.78 Å². The molecule has 0 radical (unpaired) electrons. The first-order valence-corrected chi connectivity index (χ1v) is 13.4. The summed E-state index contributed by atoms with van der Waals surface area (Å²) in [6.07, 6.45) is 1.43. The van der Waals surface area contributed by atoms with E-state index in [1.165, 1.54) is 34.5 Å². The van der Waals surface area contributed by atoms with Crippen molar-refractivity contribution in [3.8, 4) is 23.0 Å². The van der Waals surface area contributed by atoms with E-state index in [9.17, 15) is 19.5 Å². The lowest BCUT2D eigenvalue weighted by Gasteiger charge is -2.24. The molecule has 0 saturated carbocycles. The molecule has 1 saturated heterocycles. The van der Waals surface area contributed by atoms with Gasteiger partial charge in [-0.2, -0.15) is 0 Å². The molecule has 0 bridgehead atoms. The minimum Gasteiger partial charge on any atom is -0.507 e. The Balaban J connectivity index is 1.99. The lowest BCUT2D eigenvalue weighted by Crippen LogP contribution is -2.29. The molecule has 1 amide bonds. The van der Waals surface area contributed by atoms with Crippen LogP contribution in [0.25, 0.3) is 5.76 Å². The number of esters is 1. The van der Waals surface area contributed by atoms with E-state index in [4.69, 9.17) is 23.7 Å². The fourth-order valence-electron chi connectivity index (χ4n) is 4.66. The van der Waals surface area contributed by atoms with Gasteiger partial charge in [0.25, 0.3) is 5.78 Å². The number of aliphatic hydroxyl groups excluding tert-OH is 1. The number of hydrogen-bond donors (Lipinski definition) is 1. The molecule has 42 heavy (non-hydrogen) atoms. The van der Waals surface area contributed by atoms with Crippen molar-refractivity contribution in [2.24, 2.45) is 0 Å². The number of nitrogens with zero attached hydrogens (tertiary/aromatic N) is 2. The number of carbonyl (C=O) groups excluding carboxylic acids is 3. The first-order chi connectivity index (χ1) is 20.1. The second-order valence-corrected chi connectivity index (χ2v) is 10.1. The molecule has 2 aromatic carbocycles. The summed E-state index contributed by atoms with van der Waals surface area (Å²) in [4.78, 5) is 45.7. The maximum Gasteiger partial charge on any atom is 0.350 e. The highest BCUT2D eigenvalue weighted by Crippen LogP contribution is 2.48. The van der Waals surface area contributed by atoms with Gasteiger partial charge < -0.3 is 28.8 Å². The van der Waals surface area contributed by atoms with Crippen molar-refractivity contribution in [2.45, 2.75) is 19.9 Å². The third-order valence-corrected chi connectivity index (χ3v) is 7.76. The zero-order valence-corrected chi connectivity index (χ0v) is 24.8. The molecule has 12 heteroatoms. The molecule has 1 atom stereocenters. The summed E-state index contributed by atoms with van der Waals surface area (Å²) >= 11 is 0.889. The second-order valence-electron chi connectivity index (χ2n) is 9.11. The summed E-state index contributed by atoms with van der Waals surface area (Å²) in [6.45, 7) is 6.91. The second kappa shape index (κ2) is 12.4. The number of ketones is 1. The quantitative estimate of drug-likeness (QED) is 0.115. The zero-order valence-electron chi connectivity index (χ0n) is 24.0. The Hall–Kier alpha value is -4.84. The van der Waals surface area contributed by atoms with Crippen molar-refractivity contribution in [3.63, 3.8) is 0 Å². The van der Waals surface area contributed by atoms with E-state index in [0.29, 0.717) is 33.9 Å². The van der Waals surface area contributed by atoms with Crippen molar-refractivity contribution < 1.29 is 43.2 Å². The SMILES string of the molecule is C=CCOC(=O)c1sc(N2C(=O)C(=O)/C(=C(/O)c3ccc(OC)c(C)c3)[C@H]2c2cc(OC)c(OC)c(OC)c2)nc1C. The number of methoxy groups -OCH3 is 4. The Morgan fingerprint density at radius 3 is 2.21 bits per heavy atom. The van der Waals surface area contributed by atoms with E-state index in [-0.39, 0.29) is 33.7 Å². The molecule has 0 spiro atoms. The molecule has 11 nitrogen and oxygen atoms in total. The van der Waals surface area contributed by atoms with Gasteiger partial charge in [-0.1, -0.05) is 24.0 Å². The van der Waals surface area contributed by atoms with Crippen LogP contribution in [0.4, 0.5) is 5.13 Å². The van der Waals surface area contributed by atoms with Crippen molar-refractivity contribution in [1.29, 1.82) is 0 Å². The number of hydrogen-bond acceptors (Lipinski definition) is 11. The zero-order chi connectivity index (χ0) is 30.7. The summed E-state index contributed by atoms with van der Waals surface area (Å²) < 4.78 is 27.0. The lowest BCUT2D eigenvalue weighted by atomic mass is 9.94. The summed E-state index contributed by atoms with van der Waals surface area (Å²) in [6, 6.07) is 6.87. The highest BCUT2D eigenvalue weighted by atomic mass is 32.1. The number of amides is 1. The van der Waals surface area contributed by atoms with Crippen LogP contribution >= 0.6 is 11.3 Å². The number of thiazole rings is 1. The average Bonchev–Trinajstić information content (AvgIpc) is 3.50. The Morgan fingerprint density at radius 2 is 1.67 bits per heavy atom.